The van der Waals surface area contributed by atoms with Gasteiger partial charge in [0.25, 0.3) is 0 Å². The molecule has 1 aliphatic carbocycles. The fraction of sp³-hybridized carbons (Fsp3) is 0.529. The number of ether oxygens (including phenoxy) is 2. The molecule has 2 heterocycles. The van der Waals surface area contributed by atoms with Crippen molar-refractivity contribution in [2.45, 2.75) is 36.7 Å². The number of nitrogens with zero attached hydrogens (tertiary/aromatic N) is 1. The summed E-state index contributed by atoms with van der Waals surface area (Å²) in [4.78, 5) is 2.12. The molecule has 1 aromatic carbocycles. The molecule has 4 N–H and O–H groups in total. The van der Waals surface area contributed by atoms with Crippen molar-refractivity contribution >= 4 is 0 Å². The summed E-state index contributed by atoms with van der Waals surface area (Å²) in [6.07, 6.45) is 2.83. The summed E-state index contributed by atoms with van der Waals surface area (Å²) in [6, 6.07) is 3.98. The lowest BCUT2D eigenvalue weighted by Gasteiger charge is -2.39. The first kappa shape index (κ1) is 16.3. The number of rotatable bonds is 1. The van der Waals surface area contributed by atoms with Crippen molar-refractivity contribution in [3.05, 3.63) is 35.4 Å². The van der Waals surface area contributed by atoms with E-state index in [1.54, 1.807) is 13.2 Å². The van der Waals surface area contributed by atoms with Crippen LogP contribution in [0.15, 0.2) is 24.3 Å². The third kappa shape index (κ3) is 2.10. The maximum absolute atomic E-state index is 10.9. The van der Waals surface area contributed by atoms with Gasteiger partial charge in [0.1, 0.15) is 6.10 Å². The normalized spacial score (nSPS) is 34.7. The van der Waals surface area contributed by atoms with Crippen molar-refractivity contribution in [2.24, 2.45) is 0 Å². The van der Waals surface area contributed by atoms with Crippen LogP contribution < -0.4 is 9.47 Å². The van der Waals surface area contributed by atoms with Crippen LogP contribution in [0.3, 0.4) is 0 Å². The monoisotopic (exact) mass is 321 g/mol. The van der Waals surface area contributed by atoms with Crippen LogP contribution >= 0.6 is 0 Å². The molecule has 4 rings (SSSR count). The van der Waals surface area contributed by atoms with Crippen molar-refractivity contribution in [1.29, 1.82) is 0 Å². The highest BCUT2D eigenvalue weighted by atomic mass is 16.5. The molecule has 126 valence electrons. The number of hydrogen-bond donors (Lipinski definition) is 2. The Morgan fingerprint density at radius 1 is 1.35 bits per heavy atom. The van der Waals surface area contributed by atoms with E-state index in [9.17, 15) is 10.2 Å². The first-order chi connectivity index (χ1) is 10.6. The standard InChI is InChI=1S/C17H21NO4.H2O/c1-18-8-10-3-4-12(21-2)16-15(10)17(13(20)9-18)6-5-11(19)7-14(17)22-16;/h3-6,11,13-14,19-20H,7-9H2,1-2H3;1H2/t11-,13-,14-,17-;/m0./s1. The molecular weight excluding hydrogens is 298 g/mol. The van der Waals surface area contributed by atoms with E-state index in [0.29, 0.717) is 18.7 Å². The van der Waals surface area contributed by atoms with Gasteiger partial charge in [0, 0.05) is 25.1 Å². The van der Waals surface area contributed by atoms with Gasteiger partial charge in [0.05, 0.1) is 24.7 Å². The van der Waals surface area contributed by atoms with Crippen molar-refractivity contribution in [3.8, 4) is 11.5 Å². The highest BCUT2D eigenvalue weighted by Crippen LogP contribution is 2.55. The molecule has 0 saturated carbocycles. The van der Waals surface area contributed by atoms with Crippen LogP contribution in [-0.4, -0.2) is 59.6 Å². The summed E-state index contributed by atoms with van der Waals surface area (Å²) in [5, 5.41) is 20.9. The Bertz CT molecular complexity index is 646. The minimum Gasteiger partial charge on any atom is -0.493 e. The Labute approximate surface area is 135 Å². The minimum absolute atomic E-state index is 0. The maximum Gasteiger partial charge on any atom is 0.166 e. The van der Waals surface area contributed by atoms with Crippen LogP contribution in [-0.2, 0) is 12.0 Å². The third-order valence-electron chi connectivity index (χ3n) is 5.18. The molecule has 6 nitrogen and oxygen atoms in total. The van der Waals surface area contributed by atoms with Gasteiger partial charge in [-0.2, -0.15) is 0 Å². The molecular formula is C17H23NO5. The average molecular weight is 321 g/mol. The molecule has 4 atom stereocenters. The summed E-state index contributed by atoms with van der Waals surface area (Å²) in [7, 11) is 3.63. The number of benzene rings is 1. The summed E-state index contributed by atoms with van der Waals surface area (Å²) in [5.74, 6) is 1.41. The van der Waals surface area contributed by atoms with Gasteiger partial charge in [0.15, 0.2) is 11.5 Å². The Morgan fingerprint density at radius 2 is 2.13 bits per heavy atom. The number of methoxy groups -OCH3 is 1. The largest absolute Gasteiger partial charge is 0.493 e. The second-order valence-corrected chi connectivity index (χ2v) is 6.55. The van der Waals surface area contributed by atoms with Gasteiger partial charge in [-0.1, -0.05) is 18.2 Å². The van der Waals surface area contributed by atoms with Crippen LogP contribution in [0.1, 0.15) is 17.5 Å². The van der Waals surface area contributed by atoms with Gasteiger partial charge in [-0.3, -0.25) is 4.90 Å². The molecule has 0 amide bonds. The summed E-state index contributed by atoms with van der Waals surface area (Å²) in [6.45, 7) is 1.33. The molecule has 1 spiro atoms. The summed E-state index contributed by atoms with van der Waals surface area (Å²) in [5.41, 5.74) is 1.58. The highest BCUT2D eigenvalue weighted by molar-refractivity contribution is 5.61. The van der Waals surface area contributed by atoms with Crippen molar-refractivity contribution in [2.75, 3.05) is 20.7 Å². The van der Waals surface area contributed by atoms with Gasteiger partial charge >= 0.3 is 0 Å². The van der Waals surface area contributed by atoms with Crippen LogP contribution in [0.2, 0.25) is 0 Å². The van der Waals surface area contributed by atoms with E-state index in [-0.39, 0.29) is 11.6 Å². The fourth-order valence-electron chi connectivity index (χ4n) is 4.19. The number of likely N-dealkylation sites (N-methyl/N-ethyl adjacent to an activating group) is 1. The highest BCUT2D eigenvalue weighted by Gasteiger charge is 2.57. The Hall–Kier alpha value is -1.60. The maximum atomic E-state index is 10.9. The van der Waals surface area contributed by atoms with Gasteiger partial charge < -0.3 is 25.2 Å². The van der Waals surface area contributed by atoms with E-state index in [1.165, 1.54) is 0 Å². The zero-order valence-electron chi connectivity index (χ0n) is 13.3. The van der Waals surface area contributed by atoms with E-state index in [2.05, 4.69) is 11.0 Å². The number of aliphatic hydroxyl groups excluding tert-OH is 2. The van der Waals surface area contributed by atoms with Crippen molar-refractivity contribution in [1.82, 2.24) is 4.90 Å². The first-order valence-electron chi connectivity index (χ1n) is 7.67. The number of β-amino-alcohol motifs (C(OH)–C–C–N with tert-alkyl or cyclic N) is 1. The Balaban J connectivity index is 0.00000156. The second-order valence-electron chi connectivity index (χ2n) is 6.55. The van der Waals surface area contributed by atoms with Crippen LogP contribution in [0.4, 0.5) is 0 Å². The first-order valence-corrected chi connectivity index (χ1v) is 7.67. The Kier molecular flexibility index (Phi) is 3.88. The van der Waals surface area contributed by atoms with Gasteiger partial charge in [-0.05, 0) is 18.7 Å². The lowest BCUT2D eigenvalue weighted by atomic mass is 9.67. The number of hydrogen-bond acceptors (Lipinski definition) is 5. The summed E-state index contributed by atoms with van der Waals surface area (Å²) >= 11 is 0. The van der Waals surface area contributed by atoms with E-state index in [4.69, 9.17) is 9.47 Å². The third-order valence-corrected chi connectivity index (χ3v) is 5.18. The summed E-state index contributed by atoms with van der Waals surface area (Å²) < 4.78 is 11.6. The van der Waals surface area contributed by atoms with Gasteiger partial charge in [0.2, 0.25) is 0 Å². The lowest BCUT2D eigenvalue weighted by molar-refractivity contribution is 0.00643. The molecule has 0 bridgehead atoms. The predicted octanol–water partition coefficient (Wildman–Crippen LogP) is -0.00360. The predicted molar refractivity (Wildman–Crippen MR) is 84.8 cm³/mol. The molecule has 0 radical (unpaired) electrons. The second kappa shape index (κ2) is 5.49. The Morgan fingerprint density at radius 3 is 2.87 bits per heavy atom. The van der Waals surface area contributed by atoms with Gasteiger partial charge in [-0.25, -0.2) is 0 Å². The quantitative estimate of drug-likeness (QED) is 0.710. The van der Waals surface area contributed by atoms with E-state index >= 15 is 0 Å². The van der Waals surface area contributed by atoms with Crippen LogP contribution in [0, 0.1) is 0 Å². The van der Waals surface area contributed by atoms with Crippen LogP contribution in [0.25, 0.3) is 0 Å². The molecule has 2 aliphatic heterocycles. The molecule has 0 saturated heterocycles. The molecule has 6 heteroatoms. The zero-order valence-corrected chi connectivity index (χ0v) is 13.3. The van der Waals surface area contributed by atoms with Crippen molar-refractivity contribution in [3.63, 3.8) is 0 Å². The lowest BCUT2D eigenvalue weighted by Crippen LogP contribution is -2.52. The van der Waals surface area contributed by atoms with Crippen LogP contribution in [0.5, 0.6) is 11.5 Å². The average Bonchev–Trinajstić information content (AvgIpc) is 2.77. The smallest absolute Gasteiger partial charge is 0.166 e. The fourth-order valence-corrected chi connectivity index (χ4v) is 4.19. The molecule has 0 fully saturated rings. The van der Waals surface area contributed by atoms with E-state index in [1.807, 2.05) is 19.2 Å². The molecule has 23 heavy (non-hydrogen) atoms. The van der Waals surface area contributed by atoms with E-state index in [0.717, 1.165) is 23.4 Å². The molecule has 3 aliphatic rings. The zero-order chi connectivity index (χ0) is 15.5. The minimum atomic E-state index is -0.594. The topological polar surface area (TPSA) is 93.7 Å². The number of aliphatic hydroxyl groups is 2. The molecule has 0 unspecified atom stereocenters. The van der Waals surface area contributed by atoms with Gasteiger partial charge in [-0.15, -0.1) is 0 Å². The molecule has 1 aromatic rings. The van der Waals surface area contributed by atoms with E-state index < -0.39 is 17.6 Å². The SMILES string of the molecule is COc1ccc2c3c1O[C@H]1C[C@@H](O)C=C[C@@]31[C@@H](O)CN(C)C2.O. The molecule has 0 aromatic heterocycles. The van der Waals surface area contributed by atoms with Crippen molar-refractivity contribution < 1.29 is 25.2 Å².